The second kappa shape index (κ2) is 6.92. The van der Waals surface area contributed by atoms with Crippen LogP contribution in [0.4, 0.5) is 11.4 Å². The van der Waals surface area contributed by atoms with E-state index in [9.17, 15) is 4.79 Å². The lowest BCUT2D eigenvalue weighted by Gasteiger charge is -2.30. The molecule has 0 bridgehead atoms. The summed E-state index contributed by atoms with van der Waals surface area (Å²) in [5, 5.41) is 12.3. The zero-order valence-electron chi connectivity index (χ0n) is 11.3. The quantitative estimate of drug-likeness (QED) is 0.737. The van der Waals surface area contributed by atoms with Crippen molar-refractivity contribution in [2.75, 3.05) is 37.3 Å². The number of carbonyl (C=O) groups is 1. The fourth-order valence-corrected chi connectivity index (χ4v) is 2.52. The molecule has 1 amide bonds. The fraction of sp³-hybridized carbons (Fsp3) is 0.500. The molecule has 0 atom stereocenters. The lowest BCUT2D eigenvalue weighted by Crippen LogP contribution is -2.39. The van der Waals surface area contributed by atoms with Gasteiger partial charge in [0, 0.05) is 12.3 Å². The molecular weight excluding hydrogens is 278 g/mol. The monoisotopic (exact) mass is 297 g/mol. The second-order valence-corrected chi connectivity index (χ2v) is 5.60. The van der Waals surface area contributed by atoms with Crippen LogP contribution in [0.15, 0.2) is 18.2 Å². The SMILES string of the molecule is Nc1ccc(Cl)c(NC(=O)CN2CCC(CO)CC2)c1. The summed E-state index contributed by atoms with van der Waals surface area (Å²) in [5.41, 5.74) is 6.78. The van der Waals surface area contributed by atoms with Crippen LogP contribution in [-0.4, -0.2) is 42.2 Å². The number of nitrogens with two attached hydrogens (primary N) is 1. The Balaban J connectivity index is 1.85. The van der Waals surface area contributed by atoms with E-state index in [4.69, 9.17) is 22.4 Å². The van der Waals surface area contributed by atoms with Crippen molar-refractivity contribution in [3.05, 3.63) is 23.2 Å². The number of aliphatic hydroxyl groups is 1. The number of carbonyl (C=O) groups excluding carboxylic acids is 1. The molecule has 1 aromatic carbocycles. The van der Waals surface area contributed by atoms with Crippen LogP contribution in [0.5, 0.6) is 0 Å². The molecule has 1 fully saturated rings. The van der Waals surface area contributed by atoms with E-state index in [1.165, 1.54) is 0 Å². The minimum Gasteiger partial charge on any atom is -0.399 e. The van der Waals surface area contributed by atoms with Gasteiger partial charge in [-0.1, -0.05) is 11.6 Å². The second-order valence-electron chi connectivity index (χ2n) is 5.19. The molecular formula is C14H20ClN3O2. The number of rotatable bonds is 4. The van der Waals surface area contributed by atoms with Crippen molar-refractivity contribution in [1.82, 2.24) is 4.90 Å². The first-order valence-electron chi connectivity index (χ1n) is 6.76. The smallest absolute Gasteiger partial charge is 0.238 e. The Hall–Kier alpha value is -1.30. The summed E-state index contributed by atoms with van der Waals surface area (Å²) in [6, 6.07) is 5.01. The van der Waals surface area contributed by atoms with Crippen LogP contribution in [0.2, 0.25) is 5.02 Å². The number of nitrogens with zero attached hydrogens (tertiary/aromatic N) is 1. The predicted molar refractivity (Wildman–Crippen MR) is 80.7 cm³/mol. The van der Waals surface area contributed by atoms with Gasteiger partial charge in [0.05, 0.1) is 17.3 Å². The molecule has 0 saturated carbocycles. The summed E-state index contributed by atoms with van der Waals surface area (Å²) in [5.74, 6) is 0.276. The van der Waals surface area contributed by atoms with Crippen LogP contribution in [0.3, 0.4) is 0 Å². The van der Waals surface area contributed by atoms with Gasteiger partial charge in [-0.25, -0.2) is 0 Å². The molecule has 1 aromatic rings. The number of hydrogen-bond donors (Lipinski definition) is 3. The molecule has 0 aliphatic carbocycles. The number of aliphatic hydroxyl groups excluding tert-OH is 1. The average Bonchev–Trinajstić information content (AvgIpc) is 2.43. The van der Waals surface area contributed by atoms with Gasteiger partial charge in [-0.3, -0.25) is 9.69 Å². The third kappa shape index (κ3) is 4.10. The van der Waals surface area contributed by atoms with E-state index in [1.807, 2.05) is 0 Å². The Bertz CT molecular complexity index is 473. The zero-order chi connectivity index (χ0) is 14.5. The lowest BCUT2D eigenvalue weighted by molar-refractivity contribution is -0.117. The molecule has 6 heteroatoms. The standard InChI is InChI=1S/C14H20ClN3O2/c15-12-2-1-11(16)7-13(12)17-14(20)8-18-5-3-10(9-19)4-6-18/h1-2,7,10,19H,3-6,8-9,16H2,(H,17,20). The van der Waals surface area contributed by atoms with Gasteiger partial charge in [-0.15, -0.1) is 0 Å². The molecule has 0 aromatic heterocycles. The number of anilines is 2. The number of likely N-dealkylation sites (tertiary alicyclic amines) is 1. The van der Waals surface area contributed by atoms with Crippen molar-refractivity contribution >= 4 is 28.9 Å². The molecule has 2 rings (SSSR count). The average molecular weight is 298 g/mol. The normalized spacial score (nSPS) is 17.1. The summed E-state index contributed by atoms with van der Waals surface area (Å²) < 4.78 is 0. The molecule has 1 heterocycles. The van der Waals surface area contributed by atoms with E-state index in [2.05, 4.69) is 10.2 Å². The number of nitrogens with one attached hydrogen (secondary N) is 1. The first-order chi connectivity index (χ1) is 9.58. The Morgan fingerprint density at radius 3 is 2.80 bits per heavy atom. The molecule has 4 N–H and O–H groups in total. The van der Waals surface area contributed by atoms with Gasteiger partial charge in [0.2, 0.25) is 5.91 Å². The highest BCUT2D eigenvalue weighted by molar-refractivity contribution is 6.33. The summed E-state index contributed by atoms with van der Waals surface area (Å²) >= 11 is 6.01. The Morgan fingerprint density at radius 1 is 1.45 bits per heavy atom. The Kier molecular flexibility index (Phi) is 5.23. The van der Waals surface area contributed by atoms with Gasteiger partial charge in [-0.05, 0) is 50.0 Å². The summed E-state index contributed by atoms with van der Waals surface area (Å²) in [6.07, 6.45) is 1.87. The molecule has 5 nitrogen and oxygen atoms in total. The largest absolute Gasteiger partial charge is 0.399 e. The maximum Gasteiger partial charge on any atom is 0.238 e. The van der Waals surface area contributed by atoms with Gasteiger partial charge in [0.15, 0.2) is 0 Å². The number of piperidine rings is 1. The Morgan fingerprint density at radius 2 is 2.15 bits per heavy atom. The van der Waals surface area contributed by atoms with Gasteiger partial charge in [0.25, 0.3) is 0 Å². The molecule has 0 spiro atoms. The lowest BCUT2D eigenvalue weighted by atomic mass is 9.98. The number of halogens is 1. The third-order valence-electron chi connectivity index (χ3n) is 3.60. The minimum atomic E-state index is -0.0973. The molecule has 1 aliphatic rings. The van der Waals surface area contributed by atoms with Crippen molar-refractivity contribution in [2.45, 2.75) is 12.8 Å². The van der Waals surface area contributed by atoms with Crippen molar-refractivity contribution in [3.63, 3.8) is 0 Å². The maximum atomic E-state index is 12.0. The Labute approximate surface area is 123 Å². The minimum absolute atomic E-state index is 0.0973. The number of benzene rings is 1. The first-order valence-corrected chi connectivity index (χ1v) is 7.14. The maximum absolute atomic E-state index is 12.0. The van der Waals surface area contributed by atoms with Crippen molar-refractivity contribution in [1.29, 1.82) is 0 Å². The van der Waals surface area contributed by atoms with E-state index in [1.54, 1.807) is 18.2 Å². The van der Waals surface area contributed by atoms with Crippen LogP contribution in [-0.2, 0) is 4.79 Å². The summed E-state index contributed by atoms with van der Waals surface area (Å²) in [6.45, 7) is 2.24. The number of nitrogen functional groups attached to an aromatic ring is 1. The van der Waals surface area contributed by atoms with Crippen molar-refractivity contribution in [2.24, 2.45) is 5.92 Å². The van der Waals surface area contributed by atoms with E-state index in [0.717, 1.165) is 25.9 Å². The molecule has 0 radical (unpaired) electrons. The predicted octanol–water partition coefficient (Wildman–Crippen LogP) is 1.56. The highest BCUT2D eigenvalue weighted by Gasteiger charge is 2.20. The topological polar surface area (TPSA) is 78.6 Å². The summed E-state index contributed by atoms with van der Waals surface area (Å²) in [7, 11) is 0. The van der Waals surface area contributed by atoms with Crippen LogP contribution in [0.25, 0.3) is 0 Å². The van der Waals surface area contributed by atoms with Crippen LogP contribution in [0, 0.1) is 5.92 Å². The van der Waals surface area contributed by atoms with Crippen LogP contribution < -0.4 is 11.1 Å². The molecule has 1 aliphatic heterocycles. The van der Waals surface area contributed by atoms with Gasteiger partial charge >= 0.3 is 0 Å². The molecule has 110 valence electrons. The number of hydrogen-bond acceptors (Lipinski definition) is 4. The van der Waals surface area contributed by atoms with Gasteiger partial charge in [-0.2, -0.15) is 0 Å². The van der Waals surface area contributed by atoms with Crippen LogP contribution >= 0.6 is 11.6 Å². The van der Waals surface area contributed by atoms with E-state index in [0.29, 0.717) is 28.9 Å². The zero-order valence-corrected chi connectivity index (χ0v) is 12.1. The van der Waals surface area contributed by atoms with E-state index in [-0.39, 0.29) is 12.5 Å². The molecule has 0 unspecified atom stereocenters. The van der Waals surface area contributed by atoms with Gasteiger partial charge < -0.3 is 16.2 Å². The van der Waals surface area contributed by atoms with Crippen molar-refractivity contribution in [3.8, 4) is 0 Å². The number of amides is 1. The van der Waals surface area contributed by atoms with E-state index >= 15 is 0 Å². The summed E-state index contributed by atoms with van der Waals surface area (Å²) in [4.78, 5) is 14.1. The fourth-order valence-electron chi connectivity index (χ4n) is 2.36. The molecule has 20 heavy (non-hydrogen) atoms. The third-order valence-corrected chi connectivity index (χ3v) is 3.93. The highest BCUT2D eigenvalue weighted by Crippen LogP contribution is 2.24. The van der Waals surface area contributed by atoms with Crippen molar-refractivity contribution < 1.29 is 9.90 Å². The van der Waals surface area contributed by atoms with Crippen LogP contribution in [0.1, 0.15) is 12.8 Å². The molecule has 1 saturated heterocycles. The first kappa shape index (κ1) is 15.1. The van der Waals surface area contributed by atoms with E-state index < -0.39 is 0 Å². The van der Waals surface area contributed by atoms with Gasteiger partial charge in [0.1, 0.15) is 0 Å². The highest BCUT2D eigenvalue weighted by atomic mass is 35.5.